The van der Waals surface area contributed by atoms with Gasteiger partial charge in [-0.1, -0.05) is 6.07 Å². The molecular formula is C29H33N5O3. The third kappa shape index (κ3) is 2.82. The van der Waals surface area contributed by atoms with E-state index in [2.05, 4.69) is 25.8 Å². The minimum atomic E-state index is -0.436. The van der Waals surface area contributed by atoms with Crippen LogP contribution in [0.5, 0.6) is 5.75 Å². The number of carbonyl (C=O) groups excluding carboxylic acids is 2. The van der Waals surface area contributed by atoms with Crippen molar-refractivity contribution in [3.8, 4) is 5.75 Å². The molecule has 1 aromatic carbocycles. The topological polar surface area (TPSA) is 102 Å². The fourth-order valence-electron chi connectivity index (χ4n) is 9.16. The van der Waals surface area contributed by atoms with Crippen LogP contribution in [0.2, 0.25) is 0 Å². The molecule has 2 amide bonds. The molecule has 9 rings (SSSR count). The highest BCUT2D eigenvalue weighted by Gasteiger charge is 2.74. The molecule has 37 heavy (non-hydrogen) atoms. The number of hydrogen-bond donors (Lipinski definition) is 1. The smallest absolute Gasteiger partial charge is 0.252 e. The van der Waals surface area contributed by atoms with E-state index >= 15 is 0 Å². The lowest BCUT2D eigenvalue weighted by molar-refractivity contribution is -0.143. The summed E-state index contributed by atoms with van der Waals surface area (Å²) in [4.78, 5) is 39.8. The molecule has 1 aromatic heterocycles. The van der Waals surface area contributed by atoms with Crippen LogP contribution >= 0.6 is 0 Å². The number of ether oxygens (including phenoxy) is 1. The molecule has 0 radical (unpaired) electrons. The van der Waals surface area contributed by atoms with E-state index in [0.29, 0.717) is 23.2 Å². The quantitative estimate of drug-likeness (QED) is 0.677. The maximum absolute atomic E-state index is 13.8. The van der Waals surface area contributed by atoms with E-state index in [4.69, 9.17) is 10.5 Å². The predicted octanol–water partition coefficient (Wildman–Crippen LogP) is 2.24. The Kier molecular flexibility index (Phi) is 4.48. The van der Waals surface area contributed by atoms with Crippen molar-refractivity contribution in [2.45, 2.75) is 75.0 Å². The predicted molar refractivity (Wildman–Crippen MR) is 135 cm³/mol. The summed E-state index contributed by atoms with van der Waals surface area (Å²) in [7, 11) is 0. The van der Waals surface area contributed by atoms with E-state index in [0.717, 1.165) is 51.1 Å². The number of rotatable bonds is 5. The number of fused-ring (bicyclic) bond motifs is 3. The van der Waals surface area contributed by atoms with Gasteiger partial charge in [0.1, 0.15) is 17.7 Å². The molecule has 0 unspecified atom stereocenters. The average Bonchev–Trinajstić information content (AvgIpc) is 3.68. The molecule has 2 aromatic rings. The average molecular weight is 500 g/mol. The summed E-state index contributed by atoms with van der Waals surface area (Å²) in [5.74, 6) is 1.74. The van der Waals surface area contributed by atoms with Gasteiger partial charge in [0.2, 0.25) is 5.91 Å². The minimum Gasteiger partial charge on any atom is -0.486 e. The first kappa shape index (κ1) is 22.0. The summed E-state index contributed by atoms with van der Waals surface area (Å²) in [6.45, 7) is 2.99. The van der Waals surface area contributed by atoms with Crippen LogP contribution < -0.4 is 10.5 Å². The van der Waals surface area contributed by atoms with Crippen LogP contribution in [0.4, 0.5) is 0 Å². The standard InChI is InChI=1S/C29H33N5O3/c30-27(36)19-5-4-18-14-21-28-7-6-20(34(13-8-28)23(35)15-22-31-10-1-11-32-22)26-29(28,24(18)25(19)37-26)9-12-33(21)16-17-2-3-17/h1,4-5,10-11,17,20-21,26H,2-3,6-9,12-16H2,(H2,30,36)/t20-,21-,26+,28-,29+/m1/s1. The molecule has 192 valence electrons. The molecule has 5 fully saturated rings. The van der Waals surface area contributed by atoms with Crippen LogP contribution in [0.3, 0.4) is 0 Å². The number of benzene rings is 1. The zero-order valence-corrected chi connectivity index (χ0v) is 21.1. The second-order valence-corrected chi connectivity index (χ2v) is 12.2. The Morgan fingerprint density at radius 1 is 1.08 bits per heavy atom. The van der Waals surface area contributed by atoms with Crippen molar-refractivity contribution in [2.24, 2.45) is 17.1 Å². The minimum absolute atomic E-state index is 0.0263. The van der Waals surface area contributed by atoms with Gasteiger partial charge in [-0.2, -0.15) is 0 Å². The van der Waals surface area contributed by atoms with Crippen molar-refractivity contribution in [2.75, 3.05) is 19.6 Å². The Bertz CT molecular complexity index is 1310. The summed E-state index contributed by atoms with van der Waals surface area (Å²) >= 11 is 0. The number of nitrogens with two attached hydrogens (primary N) is 1. The number of carbonyl (C=O) groups is 2. The van der Waals surface area contributed by atoms with Crippen molar-refractivity contribution in [3.63, 3.8) is 0 Å². The SMILES string of the molecule is NC(=O)c1ccc2c3c1O[C@H]1[C@H]4CC[C@@]5(CCN4C(=O)Cc4ncccn4)[C@@H](C2)N(CC2CC2)CC[C@]315. The summed E-state index contributed by atoms with van der Waals surface area (Å²) in [5.41, 5.74) is 8.78. The zero-order valence-electron chi connectivity index (χ0n) is 21.1. The molecule has 4 aliphatic heterocycles. The Labute approximate surface area is 216 Å². The first-order valence-corrected chi connectivity index (χ1v) is 13.9. The van der Waals surface area contributed by atoms with Gasteiger partial charge in [0.05, 0.1) is 18.0 Å². The Morgan fingerprint density at radius 3 is 2.70 bits per heavy atom. The fraction of sp³-hybridized carbons (Fsp3) is 0.586. The van der Waals surface area contributed by atoms with Gasteiger partial charge in [0, 0.05) is 47.9 Å². The third-order valence-electron chi connectivity index (χ3n) is 10.7. The molecule has 4 bridgehead atoms. The summed E-state index contributed by atoms with van der Waals surface area (Å²) in [6.07, 6.45) is 11.1. The molecule has 5 heterocycles. The number of aromatic nitrogens is 2. The van der Waals surface area contributed by atoms with E-state index in [1.54, 1.807) is 18.5 Å². The Balaban J connectivity index is 1.26. The van der Waals surface area contributed by atoms with Crippen LogP contribution in [-0.2, 0) is 23.1 Å². The number of likely N-dealkylation sites (tertiary alicyclic amines) is 1. The van der Waals surface area contributed by atoms with E-state index in [-0.39, 0.29) is 35.3 Å². The molecule has 2 saturated carbocycles. The number of primary amides is 1. The molecule has 3 saturated heterocycles. The van der Waals surface area contributed by atoms with Crippen molar-refractivity contribution < 1.29 is 14.3 Å². The lowest BCUT2D eigenvalue weighted by Crippen LogP contribution is -2.72. The van der Waals surface area contributed by atoms with Crippen LogP contribution in [0.15, 0.2) is 30.6 Å². The Hall–Kier alpha value is -3.00. The van der Waals surface area contributed by atoms with Crippen LogP contribution in [-0.4, -0.2) is 69.4 Å². The number of piperidine rings is 1. The fourth-order valence-corrected chi connectivity index (χ4v) is 9.16. The van der Waals surface area contributed by atoms with Gasteiger partial charge >= 0.3 is 0 Å². The van der Waals surface area contributed by atoms with Crippen molar-refractivity contribution in [1.82, 2.24) is 19.8 Å². The highest BCUT2D eigenvalue weighted by Crippen LogP contribution is 2.71. The highest BCUT2D eigenvalue weighted by molar-refractivity contribution is 5.97. The molecule has 2 N–H and O–H groups in total. The van der Waals surface area contributed by atoms with Gasteiger partial charge < -0.3 is 15.4 Å². The largest absolute Gasteiger partial charge is 0.486 e. The zero-order chi connectivity index (χ0) is 24.9. The lowest BCUT2D eigenvalue weighted by atomic mass is 9.42. The monoisotopic (exact) mass is 499 g/mol. The first-order valence-electron chi connectivity index (χ1n) is 13.9. The molecular weight excluding hydrogens is 466 g/mol. The van der Waals surface area contributed by atoms with Gasteiger partial charge in [0.15, 0.2) is 0 Å². The third-order valence-corrected chi connectivity index (χ3v) is 10.7. The summed E-state index contributed by atoms with van der Waals surface area (Å²) < 4.78 is 6.89. The van der Waals surface area contributed by atoms with Crippen molar-refractivity contribution >= 4 is 11.8 Å². The summed E-state index contributed by atoms with van der Waals surface area (Å²) in [6, 6.07) is 6.20. The van der Waals surface area contributed by atoms with Crippen LogP contribution in [0, 0.1) is 11.3 Å². The molecule has 7 aliphatic rings. The van der Waals surface area contributed by atoms with Crippen molar-refractivity contribution in [1.29, 1.82) is 0 Å². The number of amides is 2. The lowest BCUT2D eigenvalue weighted by Gasteiger charge is -2.66. The summed E-state index contributed by atoms with van der Waals surface area (Å²) in [5, 5.41) is 0. The molecule has 8 nitrogen and oxygen atoms in total. The second kappa shape index (κ2) is 7.53. The van der Waals surface area contributed by atoms with Crippen LogP contribution in [0.1, 0.15) is 65.8 Å². The van der Waals surface area contributed by atoms with Gasteiger partial charge in [-0.05, 0) is 75.1 Å². The molecule has 5 atom stereocenters. The van der Waals surface area contributed by atoms with E-state index in [1.807, 2.05) is 6.07 Å². The first-order chi connectivity index (χ1) is 18.0. The van der Waals surface area contributed by atoms with Crippen molar-refractivity contribution in [3.05, 3.63) is 53.1 Å². The molecule has 2 spiro atoms. The van der Waals surface area contributed by atoms with Gasteiger partial charge in [-0.3, -0.25) is 14.5 Å². The van der Waals surface area contributed by atoms with Crippen LogP contribution in [0.25, 0.3) is 0 Å². The van der Waals surface area contributed by atoms with Gasteiger partial charge in [-0.15, -0.1) is 0 Å². The maximum Gasteiger partial charge on any atom is 0.252 e. The number of nitrogens with zero attached hydrogens (tertiary/aromatic N) is 4. The maximum atomic E-state index is 13.8. The van der Waals surface area contributed by atoms with E-state index in [9.17, 15) is 9.59 Å². The molecule has 3 aliphatic carbocycles. The van der Waals surface area contributed by atoms with E-state index in [1.165, 1.54) is 30.5 Å². The van der Waals surface area contributed by atoms with Gasteiger partial charge in [-0.25, -0.2) is 9.97 Å². The Morgan fingerprint density at radius 2 is 1.92 bits per heavy atom. The second-order valence-electron chi connectivity index (χ2n) is 12.2. The normalized spacial score (nSPS) is 35.0. The van der Waals surface area contributed by atoms with E-state index < -0.39 is 5.91 Å². The van der Waals surface area contributed by atoms with Gasteiger partial charge in [0.25, 0.3) is 5.91 Å². The highest BCUT2D eigenvalue weighted by atomic mass is 16.5. The molecule has 8 heteroatoms. The number of hydrogen-bond acceptors (Lipinski definition) is 6.